The molecular formula is C23H29N5O4S. The number of nitriles is 1. The lowest BCUT2D eigenvalue weighted by atomic mass is 10.0. The van der Waals surface area contributed by atoms with E-state index in [4.69, 9.17) is 4.55 Å². The van der Waals surface area contributed by atoms with Gasteiger partial charge in [-0.2, -0.15) is 5.26 Å². The van der Waals surface area contributed by atoms with Crippen LogP contribution in [0.5, 0.6) is 0 Å². The van der Waals surface area contributed by atoms with E-state index in [9.17, 15) is 19.1 Å². The average molecular weight is 472 g/mol. The van der Waals surface area contributed by atoms with Crippen LogP contribution in [0.1, 0.15) is 49.8 Å². The SMILES string of the molecule is C[C@@H](CN1C[C@H]2C[C@@H]1C(=O)N2[C@H]1CCc2cc(NS(=O)O)ccc21)C(=O)N1CCC[C@H]1C#N. The van der Waals surface area contributed by atoms with Gasteiger partial charge in [0.1, 0.15) is 6.04 Å². The van der Waals surface area contributed by atoms with Crippen LogP contribution in [0.3, 0.4) is 0 Å². The molecule has 0 aromatic heterocycles. The molecule has 1 aliphatic carbocycles. The number of carbonyl (C=O) groups excluding carboxylic acids is 2. The number of hydrogen-bond acceptors (Lipinski definition) is 5. The summed E-state index contributed by atoms with van der Waals surface area (Å²) in [6.07, 6.45) is 4.10. The van der Waals surface area contributed by atoms with E-state index in [1.54, 1.807) is 11.0 Å². The minimum absolute atomic E-state index is 0.0177. The van der Waals surface area contributed by atoms with Crippen molar-refractivity contribution in [3.8, 4) is 6.07 Å². The third-order valence-electron chi connectivity index (χ3n) is 7.66. The van der Waals surface area contributed by atoms with Gasteiger partial charge in [-0.15, -0.1) is 0 Å². The Kier molecular flexibility index (Phi) is 5.89. The highest BCUT2D eigenvalue weighted by Crippen LogP contribution is 2.44. The van der Waals surface area contributed by atoms with Gasteiger partial charge in [-0.3, -0.25) is 23.8 Å². The smallest absolute Gasteiger partial charge is 0.259 e. The van der Waals surface area contributed by atoms with Gasteiger partial charge >= 0.3 is 0 Å². The van der Waals surface area contributed by atoms with Crippen molar-refractivity contribution in [1.82, 2.24) is 14.7 Å². The number of amides is 2. The number of fused-ring (bicyclic) bond motifs is 3. The number of benzene rings is 1. The Labute approximate surface area is 196 Å². The monoisotopic (exact) mass is 471 g/mol. The summed E-state index contributed by atoms with van der Waals surface area (Å²) >= 11 is -2.11. The molecule has 4 aliphatic rings. The fraction of sp³-hybridized carbons (Fsp3) is 0.609. The second-order valence-electron chi connectivity index (χ2n) is 9.64. The number of nitrogens with zero attached hydrogens (tertiary/aromatic N) is 4. The number of rotatable bonds is 6. The summed E-state index contributed by atoms with van der Waals surface area (Å²) in [6, 6.07) is 7.56. The molecule has 6 atom stereocenters. The first-order valence-electron chi connectivity index (χ1n) is 11.6. The Morgan fingerprint density at radius 3 is 2.91 bits per heavy atom. The summed E-state index contributed by atoms with van der Waals surface area (Å²) in [6.45, 7) is 3.86. The van der Waals surface area contributed by atoms with Crippen LogP contribution in [0.2, 0.25) is 0 Å². The lowest BCUT2D eigenvalue weighted by Crippen LogP contribution is -2.53. The molecular weight excluding hydrogens is 442 g/mol. The predicted octanol–water partition coefficient (Wildman–Crippen LogP) is 1.66. The Hall–Kier alpha value is -2.48. The zero-order valence-electron chi connectivity index (χ0n) is 18.6. The molecule has 2 N–H and O–H groups in total. The maximum Gasteiger partial charge on any atom is 0.259 e. The van der Waals surface area contributed by atoms with Gasteiger partial charge in [0.05, 0.1) is 18.2 Å². The van der Waals surface area contributed by atoms with Crippen molar-refractivity contribution in [3.63, 3.8) is 0 Å². The Morgan fingerprint density at radius 2 is 2.18 bits per heavy atom. The van der Waals surface area contributed by atoms with Crippen molar-refractivity contribution in [1.29, 1.82) is 5.26 Å². The molecule has 0 spiro atoms. The fourth-order valence-electron chi connectivity index (χ4n) is 6.23. The van der Waals surface area contributed by atoms with Crippen molar-refractivity contribution >= 4 is 28.8 Å². The van der Waals surface area contributed by atoms with Gasteiger partial charge in [0, 0.05) is 37.3 Å². The third-order valence-corrected chi connectivity index (χ3v) is 8.07. The van der Waals surface area contributed by atoms with E-state index >= 15 is 0 Å². The van der Waals surface area contributed by atoms with Crippen molar-refractivity contribution in [3.05, 3.63) is 29.3 Å². The zero-order chi connectivity index (χ0) is 23.3. The van der Waals surface area contributed by atoms with Gasteiger partial charge in [-0.25, -0.2) is 4.21 Å². The van der Waals surface area contributed by atoms with Crippen molar-refractivity contribution in [2.45, 2.75) is 63.2 Å². The molecule has 1 unspecified atom stereocenters. The van der Waals surface area contributed by atoms with Crippen LogP contribution in [0.25, 0.3) is 0 Å². The summed E-state index contributed by atoms with van der Waals surface area (Å²) < 4.78 is 22.6. The van der Waals surface area contributed by atoms with Crippen LogP contribution in [0.15, 0.2) is 18.2 Å². The molecule has 5 rings (SSSR count). The maximum atomic E-state index is 13.4. The van der Waals surface area contributed by atoms with Gasteiger partial charge in [0.15, 0.2) is 0 Å². The van der Waals surface area contributed by atoms with E-state index in [0.29, 0.717) is 18.8 Å². The van der Waals surface area contributed by atoms with Gasteiger partial charge in [0.2, 0.25) is 11.8 Å². The number of hydrogen-bond donors (Lipinski definition) is 2. The third kappa shape index (κ3) is 3.92. The normalized spacial score (nSPS) is 30.4. The maximum absolute atomic E-state index is 13.4. The number of carbonyl (C=O) groups is 2. The van der Waals surface area contributed by atoms with E-state index in [2.05, 4.69) is 15.7 Å². The average Bonchev–Trinajstić information content (AvgIpc) is 3.55. The predicted molar refractivity (Wildman–Crippen MR) is 122 cm³/mol. The van der Waals surface area contributed by atoms with Crippen molar-refractivity contribution in [2.75, 3.05) is 24.4 Å². The van der Waals surface area contributed by atoms with Gasteiger partial charge in [-0.1, -0.05) is 13.0 Å². The summed E-state index contributed by atoms with van der Waals surface area (Å²) in [4.78, 5) is 32.2. The molecule has 0 saturated carbocycles. The lowest BCUT2D eigenvalue weighted by molar-refractivity contribution is -0.142. The second-order valence-corrected chi connectivity index (χ2v) is 10.3. The zero-order valence-corrected chi connectivity index (χ0v) is 19.5. The van der Waals surface area contributed by atoms with E-state index in [1.807, 2.05) is 24.0 Å². The highest BCUT2D eigenvalue weighted by atomic mass is 32.2. The van der Waals surface area contributed by atoms with Crippen molar-refractivity contribution in [2.24, 2.45) is 5.92 Å². The van der Waals surface area contributed by atoms with Crippen LogP contribution in [-0.4, -0.2) is 73.0 Å². The highest BCUT2D eigenvalue weighted by Gasteiger charge is 2.53. The van der Waals surface area contributed by atoms with Gasteiger partial charge < -0.3 is 9.80 Å². The van der Waals surface area contributed by atoms with E-state index in [0.717, 1.165) is 49.8 Å². The summed E-state index contributed by atoms with van der Waals surface area (Å²) in [5.41, 5.74) is 2.84. The highest BCUT2D eigenvalue weighted by molar-refractivity contribution is 7.80. The first kappa shape index (κ1) is 22.3. The minimum Gasteiger partial charge on any atom is -0.330 e. The Balaban J connectivity index is 1.24. The van der Waals surface area contributed by atoms with Gasteiger partial charge in [0.25, 0.3) is 11.3 Å². The van der Waals surface area contributed by atoms with E-state index in [-0.39, 0.29) is 41.9 Å². The number of nitrogens with one attached hydrogen (secondary N) is 1. The van der Waals surface area contributed by atoms with Crippen molar-refractivity contribution < 1.29 is 18.4 Å². The van der Waals surface area contributed by atoms with E-state index < -0.39 is 11.3 Å². The summed E-state index contributed by atoms with van der Waals surface area (Å²) in [7, 11) is 0. The first-order chi connectivity index (χ1) is 15.9. The molecule has 2 amide bonds. The molecule has 3 heterocycles. The van der Waals surface area contributed by atoms with Crippen LogP contribution in [-0.2, 0) is 27.3 Å². The molecule has 33 heavy (non-hydrogen) atoms. The lowest BCUT2D eigenvalue weighted by Gasteiger charge is -2.38. The Bertz CT molecular complexity index is 1040. The molecule has 1 aromatic rings. The van der Waals surface area contributed by atoms with E-state index in [1.165, 1.54) is 0 Å². The minimum atomic E-state index is -2.11. The van der Waals surface area contributed by atoms with Crippen LogP contribution in [0.4, 0.5) is 5.69 Å². The van der Waals surface area contributed by atoms with Crippen LogP contribution in [0, 0.1) is 17.2 Å². The first-order valence-corrected chi connectivity index (χ1v) is 12.7. The standard InChI is InChI=1S/C23H29N5O4S/c1-14(22(29)27-8-2-3-17(27)11-24)12-26-13-18-10-21(26)23(30)28(18)20-7-4-15-9-16(25-33(31)32)5-6-19(15)20/h5-6,9,14,17-18,20-21,25H,2-4,7-8,10,12-13H2,1H3,(H,31,32)/t14-,17-,18+,20-,21+/m0/s1. The molecule has 3 fully saturated rings. The molecule has 9 nitrogen and oxygen atoms in total. The molecule has 3 saturated heterocycles. The molecule has 176 valence electrons. The van der Waals surface area contributed by atoms with Crippen LogP contribution < -0.4 is 4.72 Å². The second kappa shape index (κ2) is 8.70. The van der Waals surface area contributed by atoms with Crippen LogP contribution >= 0.6 is 0 Å². The molecule has 1 aromatic carbocycles. The molecule has 3 aliphatic heterocycles. The number of anilines is 1. The molecule has 0 radical (unpaired) electrons. The number of likely N-dealkylation sites (tertiary alicyclic amines) is 3. The summed E-state index contributed by atoms with van der Waals surface area (Å²) in [5, 5.41) is 9.30. The topological polar surface area (TPSA) is 117 Å². The number of piperazine rings is 1. The number of aryl methyl sites for hydroxylation is 1. The quantitative estimate of drug-likeness (QED) is 0.610. The Morgan fingerprint density at radius 1 is 1.36 bits per heavy atom. The summed E-state index contributed by atoms with van der Waals surface area (Å²) in [5.74, 6) is -0.0858. The largest absolute Gasteiger partial charge is 0.330 e. The van der Waals surface area contributed by atoms with Gasteiger partial charge in [-0.05, 0) is 55.4 Å². The fourth-order valence-corrected chi connectivity index (χ4v) is 6.55. The molecule has 10 heteroatoms. The molecule has 2 bridgehead atoms.